The van der Waals surface area contributed by atoms with Gasteiger partial charge in [-0.05, 0) is 54.3 Å². The van der Waals surface area contributed by atoms with Gasteiger partial charge in [-0.25, -0.2) is 0 Å². The molecule has 0 aliphatic carbocycles. The molecule has 0 saturated carbocycles. The molecule has 33 heavy (non-hydrogen) atoms. The molecule has 174 valence electrons. The molecule has 1 aliphatic heterocycles. The lowest BCUT2D eigenvalue weighted by Gasteiger charge is -2.40. The summed E-state index contributed by atoms with van der Waals surface area (Å²) in [6, 6.07) is 26.8. The molecule has 1 aliphatic rings. The lowest BCUT2D eigenvalue weighted by molar-refractivity contribution is -0.0839. The van der Waals surface area contributed by atoms with Crippen molar-refractivity contribution in [3.8, 4) is 11.5 Å². The molecule has 3 aromatic carbocycles. The average molecular weight is 447 g/mol. The van der Waals surface area contributed by atoms with E-state index in [4.69, 9.17) is 18.9 Å². The van der Waals surface area contributed by atoms with Crippen molar-refractivity contribution < 1.29 is 18.9 Å². The zero-order chi connectivity index (χ0) is 23.4. The SMILES string of the molecule is CC[C@H]1O[C@@H](C)[C@H](OC(c2ccccc2)(c2ccc(OC)cc2)c2ccc(OC)cc2)[C@@H]1C. The van der Waals surface area contributed by atoms with Crippen LogP contribution in [0.5, 0.6) is 11.5 Å². The van der Waals surface area contributed by atoms with E-state index in [-0.39, 0.29) is 24.2 Å². The Bertz CT molecular complexity index is 966. The van der Waals surface area contributed by atoms with Crippen molar-refractivity contribution in [3.05, 3.63) is 95.6 Å². The van der Waals surface area contributed by atoms with Gasteiger partial charge in [-0.15, -0.1) is 0 Å². The fourth-order valence-corrected chi connectivity index (χ4v) is 5.02. The van der Waals surface area contributed by atoms with Crippen LogP contribution >= 0.6 is 0 Å². The standard InChI is InChI=1S/C29H34O4/c1-6-27-20(2)28(21(3)32-27)33-29(22-10-8-7-9-11-22,23-12-16-25(30-4)17-13-23)24-14-18-26(31-5)19-15-24/h7-21,27-28H,6H2,1-5H3/t20-,21+,27-,28-/m1/s1. The zero-order valence-corrected chi connectivity index (χ0v) is 20.2. The van der Waals surface area contributed by atoms with Crippen LogP contribution in [0.15, 0.2) is 78.9 Å². The first-order valence-corrected chi connectivity index (χ1v) is 11.7. The number of hydrogen-bond acceptors (Lipinski definition) is 4. The molecule has 1 saturated heterocycles. The fraction of sp³-hybridized carbons (Fsp3) is 0.379. The van der Waals surface area contributed by atoms with Crippen LogP contribution in [0.25, 0.3) is 0 Å². The second-order valence-corrected chi connectivity index (χ2v) is 8.73. The minimum absolute atomic E-state index is 0.00969. The highest BCUT2D eigenvalue weighted by Gasteiger charge is 2.47. The Labute approximate surface area is 197 Å². The molecule has 0 bridgehead atoms. The van der Waals surface area contributed by atoms with Gasteiger partial charge in [-0.1, -0.05) is 68.4 Å². The molecular weight excluding hydrogens is 412 g/mol. The smallest absolute Gasteiger partial charge is 0.144 e. The van der Waals surface area contributed by atoms with Crippen LogP contribution < -0.4 is 9.47 Å². The number of hydrogen-bond donors (Lipinski definition) is 0. The van der Waals surface area contributed by atoms with Crippen molar-refractivity contribution in [2.75, 3.05) is 14.2 Å². The van der Waals surface area contributed by atoms with E-state index in [0.717, 1.165) is 34.6 Å². The minimum Gasteiger partial charge on any atom is -0.497 e. The van der Waals surface area contributed by atoms with Gasteiger partial charge in [0.2, 0.25) is 0 Å². The van der Waals surface area contributed by atoms with Gasteiger partial charge in [-0.2, -0.15) is 0 Å². The highest BCUT2D eigenvalue weighted by molar-refractivity contribution is 5.49. The van der Waals surface area contributed by atoms with E-state index in [9.17, 15) is 0 Å². The van der Waals surface area contributed by atoms with Gasteiger partial charge >= 0.3 is 0 Å². The van der Waals surface area contributed by atoms with Crippen LogP contribution in [0.1, 0.15) is 43.9 Å². The third-order valence-electron chi connectivity index (χ3n) is 6.85. The Morgan fingerprint density at radius 3 is 1.64 bits per heavy atom. The minimum atomic E-state index is -0.820. The summed E-state index contributed by atoms with van der Waals surface area (Å²) in [5.41, 5.74) is 2.33. The van der Waals surface area contributed by atoms with E-state index in [0.29, 0.717) is 0 Å². The highest BCUT2D eigenvalue weighted by Crippen LogP contribution is 2.45. The molecule has 4 atom stereocenters. The predicted molar refractivity (Wildman–Crippen MR) is 131 cm³/mol. The van der Waals surface area contributed by atoms with Crippen LogP contribution in [0.3, 0.4) is 0 Å². The molecule has 0 radical (unpaired) electrons. The van der Waals surface area contributed by atoms with Gasteiger partial charge < -0.3 is 18.9 Å². The second kappa shape index (κ2) is 9.98. The van der Waals surface area contributed by atoms with E-state index in [1.165, 1.54) is 0 Å². The molecule has 0 N–H and O–H groups in total. The monoisotopic (exact) mass is 446 g/mol. The summed E-state index contributed by atoms with van der Waals surface area (Å²) in [5, 5.41) is 0. The zero-order valence-electron chi connectivity index (χ0n) is 20.2. The third kappa shape index (κ3) is 4.38. The molecular formula is C29H34O4. The van der Waals surface area contributed by atoms with Gasteiger partial charge in [-0.3, -0.25) is 0 Å². The van der Waals surface area contributed by atoms with Crippen LogP contribution in [0, 0.1) is 5.92 Å². The summed E-state index contributed by atoms with van der Waals surface area (Å²) in [6.45, 7) is 6.53. The number of methoxy groups -OCH3 is 2. The Hall–Kier alpha value is -2.82. The third-order valence-corrected chi connectivity index (χ3v) is 6.85. The normalized spacial score (nSPS) is 22.8. The first-order chi connectivity index (χ1) is 16.0. The number of rotatable bonds is 8. The van der Waals surface area contributed by atoms with E-state index < -0.39 is 5.60 Å². The Balaban J connectivity index is 1.93. The van der Waals surface area contributed by atoms with Crippen LogP contribution in [0.4, 0.5) is 0 Å². The number of ether oxygens (including phenoxy) is 4. The van der Waals surface area contributed by atoms with E-state index >= 15 is 0 Å². The van der Waals surface area contributed by atoms with Crippen molar-refractivity contribution in [1.29, 1.82) is 0 Å². The first kappa shape index (κ1) is 23.3. The summed E-state index contributed by atoms with van der Waals surface area (Å²) in [4.78, 5) is 0. The number of benzene rings is 3. The molecule has 1 fully saturated rings. The molecule has 0 aromatic heterocycles. The van der Waals surface area contributed by atoms with E-state index in [2.05, 4.69) is 69.3 Å². The Kier molecular flexibility index (Phi) is 7.06. The quantitative estimate of drug-likeness (QED) is 0.385. The lowest BCUT2D eigenvalue weighted by atomic mass is 9.79. The van der Waals surface area contributed by atoms with Crippen LogP contribution in [-0.4, -0.2) is 32.5 Å². The summed E-state index contributed by atoms with van der Waals surface area (Å²) in [6.07, 6.45) is 1.07. The molecule has 1 heterocycles. The highest BCUT2D eigenvalue weighted by atomic mass is 16.6. The van der Waals surface area contributed by atoms with Crippen molar-refractivity contribution in [2.45, 2.75) is 51.1 Å². The van der Waals surface area contributed by atoms with Gasteiger partial charge in [0.25, 0.3) is 0 Å². The Morgan fingerprint density at radius 2 is 1.21 bits per heavy atom. The van der Waals surface area contributed by atoms with Gasteiger partial charge in [0.05, 0.1) is 32.5 Å². The summed E-state index contributed by atoms with van der Waals surface area (Å²) in [5.74, 6) is 1.89. The van der Waals surface area contributed by atoms with Crippen molar-refractivity contribution in [2.24, 2.45) is 5.92 Å². The summed E-state index contributed by atoms with van der Waals surface area (Å²) in [7, 11) is 3.37. The van der Waals surface area contributed by atoms with E-state index in [1.54, 1.807) is 14.2 Å². The molecule has 0 unspecified atom stereocenters. The fourth-order valence-electron chi connectivity index (χ4n) is 5.02. The molecule has 0 spiro atoms. The van der Waals surface area contributed by atoms with Gasteiger partial charge in [0, 0.05) is 5.92 Å². The van der Waals surface area contributed by atoms with Crippen LogP contribution in [0.2, 0.25) is 0 Å². The largest absolute Gasteiger partial charge is 0.497 e. The second-order valence-electron chi connectivity index (χ2n) is 8.73. The van der Waals surface area contributed by atoms with Crippen molar-refractivity contribution >= 4 is 0 Å². The summed E-state index contributed by atoms with van der Waals surface area (Å²) >= 11 is 0. The summed E-state index contributed by atoms with van der Waals surface area (Å²) < 4.78 is 24.4. The van der Waals surface area contributed by atoms with Gasteiger partial charge in [0.1, 0.15) is 17.1 Å². The molecule has 3 aromatic rings. The average Bonchev–Trinajstić information content (AvgIpc) is 3.15. The molecule has 4 heteroatoms. The van der Waals surface area contributed by atoms with Crippen molar-refractivity contribution in [3.63, 3.8) is 0 Å². The van der Waals surface area contributed by atoms with E-state index in [1.807, 2.05) is 30.3 Å². The van der Waals surface area contributed by atoms with Crippen molar-refractivity contribution in [1.82, 2.24) is 0 Å². The van der Waals surface area contributed by atoms with Crippen LogP contribution in [-0.2, 0) is 15.1 Å². The Morgan fingerprint density at radius 1 is 0.727 bits per heavy atom. The lowest BCUT2D eigenvalue weighted by Crippen LogP contribution is -2.41. The first-order valence-electron chi connectivity index (χ1n) is 11.7. The molecule has 4 rings (SSSR count). The predicted octanol–water partition coefficient (Wildman–Crippen LogP) is 6.21. The topological polar surface area (TPSA) is 36.9 Å². The maximum atomic E-state index is 7.25. The maximum Gasteiger partial charge on any atom is 0.144 e. The molecule has 0 amide bonds. The molecule has 4 nitrogen and oxygen atoms in total. The maximum absolute atomic E-state index is 7.25. The van der Waals surface area contributed by atoms with Gasteiger partial charge in [0.15, 0.2) is 0 Å².